The van der Waals surface area contributed by atoms with E-state index in [9.17, 15) is 0 Å². The molecule has 0 saturated heterocycles. The normalized spacial score (nSPS) is 11.5. The Bertz CT molecular complexity index is 8300. The standard InChI is InChI=1S/C48H35N2OP.2C36H26N2/c1-32-23-24-34-25-26-45-46(29-33(2)50-48(45)47(34)49-32)36-14-11-13-35(30-36)41-27-28-42(44-22-10-9-21-43(41)44)37-15-12-20-40(31-37)52(51,38-16-5-3-6-17-38)39-18-7-4-8-19-39;1-23-15-16-26-17-18-33-34(21-24(2)38-36(33)35(26)37-23)28-12-8-11-27(22-28)30-20-19-29(25-9-4-3-5-10-25)31-13-6-7-14-32(30)31;1-23-12-13-28-18-19-33-34(22-24(2)38-36(33)35(28)37-23)27-16-14-26(15-17-27)30-21-20-29(25-8-4-3-5-9-25)31-10-6-7-11-32(30)31/h3-31H,1-2H3;2*3-22H,1-2H3. The highest BCUT2D eigenvalue weighted by Gasteiger charge is 2.31. The summed E-state index contributed by atoms with van der Waals surface area (Å²) in [5.74, 6) is 0. The molecule has 0 atom stereocenters. The molecule has 0 fully saturated rings. The minimum absolute atomic E-state index is 0.821. The highest BCUT2D eigenvalue weighted by Crippen LogP contribution is 2.47. The molecule has 0 amide bonds. The second-order valence-electron chi connectivity index (χ2n) is 33.3. The van der Waals surface area contributed by atoms with Gasteiger partial charge in [-0.2, -0.15) is 0 Å². The van der Waals surface area contributed by atoms with Crippen LogP contribution in [0.2, 0.25) is 0 Å². The van der Waals surface area contributed by atoms with Gasteiger partial charge in [0.2, 0.25) is 0 Å². The van der Waals surface area contributed by atoms with E-state index in [1.165, 1.54) is 93.7 Å². The smallest absolute Gasteiger partial charge is 0.171 e. The number of fused-ring (bicyclic) bond motifs is 12. The number of benzene rings is 17. The van der Waals surface area contributed by atoms with Gasteiger partial charge in [0, 0.05) is 82.4 Å². The maximum atomic E-state index is 15.2. The summed E-state index contributed by atoms with van der Waals surface area (Å²) in [6.45, 7) is 12.3. The predicted molar refractivity (Wildman–Crippen MR) is 540 cm³/mol. The Kier molecular flexibility index (Phi) is 20.9. The first-order valence-electron chi connectivity index (χ1n) is 43.6. The van der Waals surface area contributed by atoms with Gasteiger partial charge >= 0.3 is 0 Å². The lowest BCUT2D eigenvalue weighted by atomic mass is 9.90. The molecule has 23 aromatic rings. The molecule has 0 saturated carbocycles. The van der Waals surface area contributed by atoms with Crippen molar-refractivity contribution in [2.24, 2.45) is 0 Å². The topological polar surface area (TPSA) is 94.4 Å². The monoisotopic (exact) mass is 1660 g/mol. The summed E-state index contributed by atoms with van der Waals surface area (Å²) in [5, 5.41) is 16.5. The van der Waals surface area contributed by atoms with Crippen molar-refractivity contribution < 1.29 is 4.57 Å². The summed E-state index contributed by atoms with van der Waals surface area (Å²) in [7, 11) is -3.12. The van der Waals surface area contributed by atoms with Gasteiger partial charge in [-0.25, -0.2) is 0 Å². The summed E-state index contributed by atoms with van der Waals surface area (Å²) in [6, 6.07) is 148. The van der Waals surface area contributed by atoms with Crippen LogP contribution in [0.4, 0.5) is 0 Å². The lowest BCUT2D eigenvalue weighted by molar-refractivity contribution is 0.592. The predicted octanol–water partition coefficient (Wildman–Crippen LogP) is 30.3. The first-order valence-corrected chi connectivity index (χ1v) is 45.3. The van der Waals surface area contributed by atoms with Crippen molar-refractivity contribution in [3.05, 3.63) is 453 Å². The molecular weight excluding hydrogens is 1570 g/mol. The third kappa shape index (κ3) is 15.0. The van der Waals surface area contributed by atoms with Crippen LogP contribution in [-0.4, -0.2) is 29.9 Å². The zero-order valence-corrected chi connectivity index (χ0v) is 72.8. The number of rotatable bonds is 12. The highest BCUT2D eigenvalue weighted by molar-refractivity contribution is 7.85. The van der Waals surface area contributed by atoms with E-state index in [2.05, 4.69) is 367 Å². The van der Waals surface area contributed by atoms with Gasteiger partial charge in [0.15, 0.2) is 7.14 Å². The van der Waals surface area contributed by atoms with Crippen LogP contribution in [0.5, 0.6) is 0 Å². The van der Waals surface area contributed by atoms with Crippen LogP contribution < -0.4 is 15.9 Å². The molecule has 0 N–H and O–H groups in total. The van der Waals surface area contributed by atoms with Crippen LogP contribution in [0.1, 0.15) is 34.2 Å². The first-order chi connectivity index (χ1) is 62.8. The molecule has 0 aliphatic carbocycles. The molecule has 7 nitrogen and oxygen atoms in total. The van der Waals surface area contributed by atoms with E-state index in [0.717, 1.165) is 154 Å². The van der Waals surface area contributed by atoms with E-state index in [-0.39, 0.29) is 0 Å². The van der Waals surface area contributed by atoms with Crippen molar-refractivity contribution in [2.75, 3.05) is 0 Å². The van der Waals surface area contributed by atoms with Gasteiger partial charge in [0.25, 0.3) is 0 Å². The van der Waals surface area contributed by atoms with E-state index in [0.29, 0.717) is 0 Å². The minimum Gasteiger partial charge on any atom is -0.309 e. The van der Waals surface area contributed by atoms with Gasteiger partial charge in [0.1, 0.15) is 0 Å². The van der Waals surface area contributed by atoms with Gasteiger partial charge in [-0.1, -0.05) is 364 Å². The van der Waals surface area contributed by atoms with Gasteiger partial charge < -0.3 is 4.57 Å². The van der Waals surface area contributed by atoms with Gasteiger partial charge in [-0.05, 0) is 229 Å². The number of pyridine rings is 6. The summed E-state index contributed by atoms with van der Waals surface area (Å²) >= 11 is 0. The highest BCUT2D eigenvalue weighted by atomic mass is 31.2. The Labute approximate surface area is 744 Å². The molecule has 0 aliphatic heterocycles. The van der Waals surface area contributed by atoms with Crippen molar-refractivity contribution >= 4 is 121 Å². The average molecular weight is 1660 g/mol. The lowest BCUT2D eigenvalue weighted by Crippen LogP contribution is -2.25. The summed E-state index contributed by atoms with van der Waals surface area (Å²) in [5.41, 5.74) is 33.0. The maximum Gasteiger partial charge on any atom is 0.171 e. The Hall–Kier alpha value is -15.8. The number of aryl methyl sites for hydroxylation is 6. The number of aromatic nitrogens is 6. The zero-order chi connectivity index (χ0) is 86.5. The number of hydrogen-bond donors (Lipinski definition) is 0. The third-order valence-corrected chi connectivity index (χ3v) is 28.0. The number of nitrogens with zero attached hydrogens (tertiary/aromatic N) is 6. The fourth-order valence-corrected chi connectivity index (χ4v) is 21.5. The molecule has 0 radical (unpaired) electrons. The molecule has 0 unspecified atom stereocenters. The fourth-order valence-electron chi connectivity index (χ4n) is 18.8. The Morgan fingerprint density at radius 3 is 0.711 bits per heavy atom. The molecule has 0 bridgehead atoms. The molecule has 6 aromatic heterocycles. The SMILES string of the molecule is Cc1ccc2ccc3c(-c4ccc(-c5ccc(-c6ccccc6)c6ccccc56)cc4)cc(C)nc3c2n1.Cc1ccc2ccc3c(-c4cccc(-c5ccc(-c6cccc(P(=O)(c7ccccc7)c7ccccc7)c6)c6ccccc56)c4)cc(C)nc3c2n1.Cc1ccc2ccc3c(-c4cccc(-c5ccc(-c6ccccc6)c6ccccc56)c4)cc(C)nc3c2n1. The molecule has 128 heavy (non-hydrogen) atoms. The Morgan fingerprint density at radius 2 is 0.383 bits per heavy atom. The fraction of sp³-hybridized carbons (Fsp3) is 0.0500. The van der Waals surface area contributed by atoms with Crippen LogP contribution >= 0.6 is 7.14 Å². The van der Waals surface area contributed by atoms with Gasteiger partial charge in [0.05, 0.1) is 33.1 Å². The van der Waals surface area contributed by atoms with Crippen LogP contribution in [0, 0.1) is 41.5 Å². The van der Waals surface area contributed by atoms with E-state index >= 15 is 4.57 Å². The maximum absolute atomic E-state index is 15.2. The molecule has 0 aliphatic rings. The second-order valence-corrected chi connectivity index (χ2v) is 36.1. The van der Waals surface area contributed by atoms with Crippen molar-refractivity contribution in [3.63, 3.8) is 0 Å². The van der Waals surface area contributed by atoms with Crippen molar-refractivity contribution in [2.45, 2.75) is 41.5 Å². The van der Waals surface area contributed by atoms with Crippen molar-refractivity contribution in [1.82, 2.24) is 29.9 Å². The summed E-state index contributed by atoms with van der Waals surface area (Å²) in [6.07, 6.45) is 0. The van der Waals surface area contributed by atoms with E-state index in [1.807, 2.05) is 93.6 Å². The largest absolute Gasteiger partial charge is 0.309 e. The first kappa shape index (κ1) is 79.4. The molecule has 23 rings (SSSR count). The molecule has 8 heteroatoms. The van der Waals surface area contributed by atoms with Crippen LogP contribution in [0.15, 0.2) is 419 Å². The minimum atomic E-state index is -3.12. The summed E-state index contributed by atoms with van der Waals surface area (Å²) in [4.78, 5) is 29.4. The number of hydrogen-bond acceptors (Lipinski definition) is 7. The molecule has 6 heterocycles. The van der Waals surface area contributed by atoms with Crippen LogP contribution in [0.3, 0.4) is 0 Å². The van der Waals surface area contributed by atoms with E-state index in [1.54, 1.807) is 0 Å². The molecular formula is C120H87N6OP. The summed E-state index contributed by atoms with van der Waals surface area (Å²) < 4.78 is 15.2. The van der Waals surface area contributed by atoms with Crippen molar-refractivity contribution in [3.8, 4) is 100 Å². The molecule has 0 spiro atoms. The quantitative estimate of drug-likeness (QED) is 0.0888. The second kappa shape index (κ2) is 33.7. The zero-order valence-electron chi connectivity index (χ0n) is 71.9. The Balaban J connectivity index is 0.000000119. The van der Waals surface area contributed by atoms with Gasteiger partial charge in [-0.3, -0.25) is 29.9 Å². The van der Waals surface area contributed by atoms with Gasteiger partial charge in [-0.15, -0.1) is 0 Å². The average Bonchev–Trinajstić information content (AvgIpc) is 0.773. The third-order valence-electron chi connectivity index (χ3n) is 24.9. The molecule has 608 valence electrons. The molecule has 17 aromatic carbocycles. The van der Waals surface area contributed by atoms with Crippen LogP contribution in [-0.2, 0) is 4.57 Å². The van der Waals surface area contributed by atoms with Crippen LogP contribution in [0.25, 0.3) is 198 Å². The lowest BCUT2D eigenvalue weighted by Gasteiger charge is -2.21. The van der Waals surface area contributed by atoms with E-state index < -0.39 is 7.14 Å². The van der Waals surface area contributed by atoms with Crippen molar-refractivity contribution in [1.29, 1.82) is 0 Å². The Morgan fingerprint density at radius 1 is 0.156 bits per heavy atom. The van der Waals surface area contributed by atoms with E-state index in [4.69, 9.17) is 29.9 Å².